The second-order valence-corrected chi connectivity index (χ2v) is 6.21. The molecule has 2 rings (SSSR count). The van der Waals surface area contributed by atoms with Crippen LogP contribution in [0, 0.1) is 26.6 Å². The number of nitrogens with zero attached hydrogens (tertiary/aromatic N) is 2. The second kappa shape index (κ2) is 6.42. The largest absolute Gasteiger partial charge is 0.362 e. The van der Waals surface area contributed by atoms with Crippen molar-refractivity contribution in [2.45, 2.75) is 53.5 Å². The molecule has 1 N–H and O–H groups in total. The van der Waals surface area contributed by atoms with Gasteiger partial charge in [-0.15, -0.1) is 5.10 Å². The molecule has 1 aromatic carbocycles. The third kappa shape index (κ3) is 3.26. The van der Waals surface area contributed by atoms with Crippen molar-refractivity contribution in [2.24, 2.45) is 0 Å². The predicted molar refractivity (Wildman–Crippen MR) is 88.8 cm³/mol. The van der Waals surface area contributed by atoms with Crippen molar-refractivity contribution in [3.05, 3.63) is 52.0 Å². The van der Waals surface area contributed by atoms with Gasteiger partial charge >= 0.3 is 0 Å². The van der Waals surface area contributed by atoms with Crippen molar-refractivity contribution in [1.29, 1.82) is 0 Å². The van der Waals surface area contributed by atoms with E-state index in [1.54, 1.807) is 6.07 Å². The average molecular weight is 301 g/mol. The van der Waals surface area contributed by atoms with Gasteiger partial charge in [0, 0.05) is 0 Å². The van der Waals surface area contributed by atoms with Crippen LogP contribution in [0.15, 0.2) is 18.2 Å². The van der Waals surface area contributed by atoms with Crippen LogP contribution >= 0.6 is 0 Å². The molecule has 0 aliphatic heterocycles. The topological polar surface area (TPSA) is 37.8 Å². The van der Waals surface area contributed by atoms with Gasteiger partial charge in [-0.05, 0) is 68.0 Å². The number of nitrogens with one attached hydrogen (secondary N) is 1. The molecule has 1 aromatic heterocycles. The molecule has 0 bridgehead atoms. The van der Waals surface area contributed by atoms with Gasteiger partial charge in [-0.2, -0.15) is 5.10 Å². The number of benzene rings is 1. The molecule has 1 atom stereocenters. The Morgan fingerprint density at radius 3 is 2.27 bits per heavy atom. The first kappa shape index (κ1) is 16.4. The zero-order valence-electron chi connectivity index (χ0n) is 14.2. The van der Waals surface area contributed by atoms with Crippen molar-refractivity contribution in [2.75, 3.05) is 5.32 Å². The van der Waals surface area contributed by atoms with Crippen LogP contribution in [0.25, 0.3) is 0 Å². The minimum absolute atomic E-state index is 0.0397. The average Bonchev–Trinajstić information content (AvgIpc) is 2.43. The fourth-order valence-corrected chi connectivity index (χ4v) is 2.72. The summed E-state index contributed by atoms with van der Waals surface area (Å²) in [6.45, 7) is 12.3. The monoisotopic (exact) mass is 301 g/mol. The summed E-state index contributed by atoms with van der Waals surface area (Å²) in [6.07, 6.45) is 0. The second-order valence-electron chi connectivity index (χ2n) is 6.21. The molecule has 0 saturated carbocycles. The Labute approximate surface area is 132 Å². The van der Waals surface area contributed by atoms with Crippen molar-refractivity contribution >= 4 is 5.82 Å². The zero-order valence-corrected chi connectivity index (χ0v) is 14.2. The fraction of sp³-hybridized carbons (Fsp3) is 0.444. The minimum atomic E-state index is -0.207. The number of aromatic nitrogens is 2. The van der Waals surface area contributed by atoms with Crippen molar-refractivity contribution in [3.8, 4) is 0 Å². The van der Waals surface area contributed by atoms with E-state index in [0.717, 1.165) is 28.2 Å². The molecule has 0 radical (unpaired) electrons. The Bertz CT molecular complexity index is 680. The molecule has 0 unspecified atom stereocenters. The lowest BCUT2D eigenvalue weighted by atomic mass is 10.0. The van der Waals surface area contributed by atoms with Crippen LogP contribution < -0.4 is 5.32 Å². The molecule has 3 nitrogen and oxygen atoms in total. The Hall–Kier alpha value is -1.97. The summed E-state index contributed by atoms with van der Waals surface area (Å²) in [5.41, 5.74) is 5.32. The van der Waals surface area contributed by atoms with E-state index < -0.39 is 0 Å². The summed E-state index contributed by atoms with van der Waals surface area (Å²) in [7, 11) is 0. The standard InChI is InChI=1S/C18H24FN3/c1-10(2)17-12(4)13(5)18(22-21-17)20-14(6)16-8-7-15(19)9-11(16)3/h7-10,14H,1-6H3,(H,20,22)/t14-/m0/s1. The third-order valence-corrected chi connectivity index (χ3v) is 4.16. The van der Waals surface area contributed by atoms with Crippen LogP contribution in [0.2, 0.25) is 0 Å². The molecule has 22 heavy (non-hydrogen) atoms. The Morgan fingerprint density at radius 1 is 1.00 bits per heavy atom. The van der Waals surface area contributed by atoms with Crippen LogP contribution in [-0.4, -0.2) is 10.2 Å². The maximum atomic E-state index is 13.2. The van der Waals surface area contributed by atoms with Crippen LogP contribution in [0.1, 0.15) is 60.7 Å². The Balaban J connectivity index is 2.29. The van der Waals surface area contributed by atoms with Crippen molar-refractivity contribution < 1.29 is 4.39 Å². The first-order valence-electron chi connectivity index (χ1n) is 7.67. The maximum Gasteiger partial charge on any atom is 0.152 e. The summed E-state index contributed by atoms with van der Waals surface area (Å²) in [4.78, 5) is 0. The summed E-state index contributed by atoms with van der Waals surface area (Å²) < 4.78 is 13.2. The molecule has 0 saturated heterocycles. The molecule has 0 spiro atoms. The van der Waals surface area contributed by atoms with E-state index >= 15 is 0 Å². The van der Waals surface area contributed by atoms with Gasteiger partial charge in [0.2, 0.25) is 0 Å². The Kier molecular flexibility index (Phi) is 4.79. The molecule has 4 heteroatoms. The number of aryl methyl sites for hydroxylation is 1. The lowest BCUT2D eigenvalue weighted by Gasteiger charge is -2.20. The summed E-state index contributed by atoms with van der Waals surface area (Å²) >= 11 is 0. The highest BCUT2D eigenvalue weighted by molar-refractivity contribution is 5.50. The molecular weight excluding hydrogens is 277 g/mol. The number of rotatable bonds is 4. The number of halogens is 1. The molecule has 1 heterocycles. The Morgan fingerprint density at radius 2 is 1.68 bits per heavy atom. The molecule has 0 aliphatic rings. The molecule has 0 amide bonds. The molecule has 2 aromatic rings. The number of hydrogen-bond donors (Lipinski definition) is 1. The van der Waals surface area contributed by atoms with Crippen molar-refractivity contribution in [3.63, 3.8) is 0 Å². The van der Waals surface area contributed by atoms with E-state index in [2.05, 4.69) is 43.2 Å². The van der Waals surface area contributed by atoms with Crippen LogP contribution in [0.4, 0.5) is 10.2 Å². The van der Waals surface area contributed by atoms with Gasteiger partial charge in [0.1, 0.15) is 5.82 Å². The lowest BCUT2D eigenvalue weighted by molar-refractivity contribution is 0.624. The molecular formula is C18H24FN3. The van der Waals surface area contributed by atoms with Crippen LogP contribution in [-0.2, 0) is 0 Å². The quantitative estimate of drug-likeness (QED) is 0.878. The van der Waals surface area contributed by atoms with E-state index in [1.807, 2.05) is 19.9 Å². The molecule has 0 fully saturated rings. The highest BCUT2D eigenvalue weighted by Gasteiger charge is 2.15. The van der Waals surface area contributed by atoms with Crippen LogP contribution in [0.3, 0.4) is 0 Å². The van der Waals surface area contributed by atoms with E-state index in [9.17, 15) is 4.39 Å². The smallest absolute Gasteiger partial charge is 0.152 e. The van der Waals surface area contributed by atoms with E-state index in [0.29, 0.717) is 5.92 Å². The number of anilines is 1. The van der Waals surface area contributed by atoms with Gasteiger partial charge < -0.3 is 5.32 Å². The summed E-state index contributed by atoms with van der Waals surface area (Å²) in [5, 5.41) is 12.1. The van der Waals surface area contributed by atoms with Gasteiger partial charge in [0.15, 0.2) is 5.82 Å². The van der Waals surface area contributed by atoms with Gasteiger partial charge in [0.25, 0.3) is 0 Å². The van der Waals surface area contributed by atoms with E-state index in [1.165, 1.54) is 11.6 Å². The summed E-state index contributed by atoms with van der Waals surface area (Å²) in [6, 6.07) is 4.91. The normalized spacial score (nSPS) is 12.5. The SMILES string of the molecule is Cc1cc(F)ccc1[C@H](C)Nc1nnc(C(C)C)c(C)c1C. The van der Waals surface area contributed by atoms with Crippen molar-refractivity contribution in [1.82, 2.24) is 10.2 Å². The number of hydrogen-bond acceptors (Lipinski definition) is 3. The highest BCUT2D eigenvalue weighted by atomic mass is 19.1. The fourth-order valence-electron chi connectivity index (χ4n) is 2.72. The predicted octanol–water partition coefficient (Wildman–Crippen LogP) is 4.84. The zero-order chi connectivity index (χ0) is 16.4. The van der Waals surface area contributed by atoms with Gasteiger partial charge in [0.05, 0.1) is 11.7 Å². The first-order chi connectivity index (χ1) is 10.3. The van der Waals surface area contributed by atoms with E-state index in [4.69, 9.17) is 0 Å². The van der Waals surface area contributed by atoms with Gasteiger partial charge in [-0.1, -0.05) is 19.9 Å². The van der Waals surface area contributed by atoms with Gasteiger partial charge in [-0.3, -0.25) is 0 Å². The molecule has 0 aliphatic carbocycles. The van der Waals surface area contributed by atoms with E-state index in [-0.39, 0.29) is 11.9 Å². The lowest BCUT2D eigenvalue weighted by Crippen LogP contribution is -2.13. The highest BCUT2D eigenvalue weighted by Crippen LogP contribution is 2.27. The third-order valence-electron chi connectivity index (χ3n) is 4.16. The van der Waals surface area contributed by atoms with Gasteiger partial charge in [-0.25, -0.2) is 4.39 Å². The minimum Gasteiger partial charge on any atom is -0.362 e. The molecule has 118 valence electrons. The maximum absolute atomic E-state index is 13.2. The first-order valence-corrected chi connectivity index (χ1v) is 7.67. The summed E-state index contributed by atoms with van der Waals surface area (Å²) in [5.74, 6) is 0.941. The van der Waals surface area contributed by atoms with Crippen LogP contribution in [0.5, 0.6) is 0 Å².